The highest BCUT2D eigenvalue weighted by atomic mass is 16.5. The number of piperazine rings is 1. The van der Waals surface area contributed by atoms with Crippen LogP contribution in [0.4, 0.5) is 5.69 Å². The van der Waals surface area contributed by atoms with Crippen molar-refractivity contribution in [1.29, 1.82) is 0 Å². The maximum absolute atomic E-state index is 13.6. The zero-order valence-electron chi connectivity index (χ0n) is 33.1. The van der Waals surface area contributed by atoms with Gasteiger partial charge in [-0.2, -0.15) is 0 Å². The summed E-state index contributed by atoms with van der Waals surface area (Å²) in [6, 6.07) is 16.6. The van der Waals surface area contributed by atoms with Gasteiger partial charge in [-0.25, -0.2) is 5.43 Å². The summed E-state index contributed by atoms with van der Waals surface area (Å²) in [6.45, 7) is 18.0. The minimum Gasteiger partial charge on any atom is -0.464 e. The second-order valence-corrected chi connectivity index (χ2v) is 17.1. The van der Waals surface area contributed by atoms with Gasteiger partial charge in [0.2, 0.25) is 0 Å². The highest BCUT2D eigenvalue weighted by molar-refractivity contribution is 5.95. The number of carbonyl (C=O) groups excluding carboxylic acids is 2. The smallest absolute Gasteiger partial charge is 0.324 e. The Labute approximate surface area is 325 Å². The van der Waals surface area contributed by atoms with E-state index in [0.29, 0.717) is 38.3 Å². The number of benzene rings is 2. The monoisotopic (exact) mass is 747 g/mol. The van der Waals surface area contributed by atoms with Gasteiger partial charge in [0.05, 0.1) is 55.2 Å². The standard InChI is InChI=1S/C44H57N7O4/c1-6-50-39-13-12-31-21-34(39)36(41(50)35-22-32(24-46-40(35)28(2)3)49-16-15-48-17-18-54-26-33(48)25-49)23-44(4,5)27-55-43(53)38-11-8-14-51(47-38)42(52)37(45)20-29-9-7-10-30(31)19-29/h7,9-10,12-13,19,21-22,24,28,33,37-38,47H,6,8,11,14-18,20,23,25-27,45H2,1-5H3/t33-,37-,38-/m0/s1. The number of ether oxygens (including phenoxy) is 2. The van der Waals surface area contributed by atoms with E-state index in [-0.39, 0.29) is 24.4 Å². The van der Waals surface area contributed by atoms with Gasteiger partial charge in [0.25, 0.3) is 5.91 Å². The molecule has 0 radical (unpaired) electrons. The Balaban J connectivity index is 1.28. The zero-order valence-corrected chi connectivity index (χ0v) is 33.1. The molecule has 4 aromatic rings. The molecule has 4 aliphatic heterocycles. The van der Waals surface area contributed by atoms with Crippen molar-refractivity contribution >= 4 is 28.5 Å². The third-order valence-electron chi connectivity index (χ3n) is 12.0. The Morgan fingerprint density at radius 2 is 1.87 bits per heavy atom. The molecule has 3 fully saturated rings. The SMILES string of the molecule is CCn1c(-c2cc(N3CCN4CCOC[C@@H]4C3)cnc2C(C)C)c2c3cc(ccc31)-c1cccc(c1)C[C@H](N)C(=O)N1CCC[C@H](N1)C(=O)OCC(C)(C)C2. The first-order chi connectivity index (χ1) is 26.5. The second-order valence-electron chi connectivity index (χ2n) is 17.1. The molecule has 3 N–H and O–H groups in total. The van der Waals surface area contributed by atoms with Crippen molar-refractivity contribution < 1.29 is 19.1 Å². The van der Waals surface area contributed by atoms with Gasteiger partial charge >= 0.3 is 5.97 Å². The number of hydrogen-bond donors (Lipinski definition) is 2. The Kier molecular flexibility index (Phi) is 10.5. The number of cyclic esters (lactones) is 1. The highest BCUT2D eigenvalue weighted by Crippen LogP contribution is 2.43. The lowest BCUT2D eigenvalue weighted by Crippen LogP contribution is -2.59. The maximum atomic E-state index is 13.6. The molecule has 0 saturated carbocycles. The predicted octanol–water partition coefficient (Wildman–Crippen LogP) is 5.53. The van der Waals surface area contributed by atoms with Crippen molar-refractivity contribution in [1.82, 2.24) is 24.9 Å². The Morgan fingerprint density at radius 1 is 1.04 bits per heavy atom. The Morgan fingerprint density at radius 3 is 2.69 bits per heavy atom. The highest BCUT2D eigenvalue weighted by Gasteiger charge is 2.35. The summed E-state index contributed by atoms with van der Waals surface area (Å²) in [7, 11) is 0. The average molecular weight is 748 g/mol. The molecular formula is C44H57N7O4. The van der Waals surface area contributed by atoms with E-state index in [4.69, 9.17) is 20.2 Å². The number of nitrogens with two attached hydrogens (primary N) is 1. The molecule has 6 heterocycles. The predicted molar refractivity (Wildman–Crippen MR) is 217 cm³/mol. The van der Waals surface area contributed by atoms with Crippen molar-refractivity contribution in [2.24, 2.45) is 11.1 Å². The topological polar surface area (TPSA) is 118 Å². The summed E-state index contributed by atoms with van der Waals surface area (Å²) in [5, 5.41) is 2.71. The lowest BCUT2D eigenvalue weighted by atomic mass is 9.83. The fourth-order valence-electron chi connectivity index (χ4n) is 9.12. The summed E-state index contributed by atoms with van der Waals surface area (Å²) in [5.41, 5.74) is 19.4. The molecule has 55 heavy (non-hydrogen) atoms. The fraction of sp³-hybridized carbons (Fsp3) is 0.523. The van der Waals surface area contributed by atoms with Crippen LogP contribution in [0, 0.1) is 5.41 Å². The van der Waals surface area contributed by atoms with Gasteiger partial charge in [0.15, 0.2) is 0 Å². The largest absolute Gasteiger partial charge is 0.464 e. The molecule has 292 valence electrons. The van der Waals surface area contributed by atoms with E-state index in [9.17, 15) is 9.59 Å². The van der Waals surface area contributed by atoms with Gasteiger partial charge in [-0.15, -0.1) is 0 Å². The third-order valence-corrected chi connectivity index (χ3v) is 12.0. The van der Waals surface area contributed by atoms with Crippen LogP contribution in [-0.4, -0.2) is 102 Å². The second kappa shape index (κ2) is 15.3. The van der Waals surface area contributed by atoms with Crippen molar-refractivity contribution in [3.63, 3.8) is 0 Å². The van der Waals surface area contributed by atoms with E-state index in [1.807, 2.05) is 12.1 Å². The summed E-state index contributed by atoms with van der Waals surface area (Å²) in [5.74, 6) is -0.349. The number of fused-ring (bicyclic) bond motifs is 7. The average Bonchev–Trinajstić information content (AvgIpc) is 3.50. The molecule has 2 aromatic carbocycles. The minimum absolute atomic E-state index is 0.204. The molecule has 3 atom stereocenters. The number of rotatable bonds is 4. The molecule has 4 aliphatic rings. The van der Waals surface area contributed by atoms with E-state index < -0.39 is 17.5 Å². The summed E-state index contributed by atoms with van der Waals surface area (Å²) in [4.78, 5) is 37.3. The Hall–Kier alpha value is -4.29. The van der Waals surface area contributed by atoms with Crippen molar-refractivity contribution in [2.75, 3.05) is 57.4 Å². The van der Waals surface area contributed by atoms with Crippen molar-refractivity contribution in [3.05, 3.63) is 71.5 Å². The van der Waals surface area contributed by atoms with Gasteiger partial charge in [-0.05, 0) is 79.0 Å². The number of nitrogens with one attached hydrogen (secondary N) is 1. The minimum atomic E-state index is -0.745. The first-order valence-electron chi connectivity index (χ1n) is 20.3. The number of aromatic nitrogens is 2. The number of amides is 1. The van der Waals surface area contributed by atoms with Gasteiger partial charge < -0.3 is 24.7 Å². The molecule has 0 spiro atoms. The molecule has 0 aliphatic carbocycles. The fourth-order valence-corrected chi connectivity index (χ4v) is 9.12. The van der Waals surface area contributed by atoms with Crippen LogP contribution in [0.5, 0.6) is 0 Å². The van der Waals surface area contributed by atoms with E-state index >= 15 is 0 Å². The normalized spacial score (nSPS) is 23.8. The number of nitrogens with zero attached hydrogens (tertiary/aromatic N) is 5. The molecule has 3 saturated heterocycles. The first-order valence-corrected chi connectivity index (χ1v) is 20.3. The zero-order chi connectivity index (χ0) is 38.4. The first kappa shape index (κ1) is 37.6. The van der Waals surface area contributed by atoms with Gasteiger partial charge in [0.1, 0.15) is 6.04 Å². The van der Waals surface area contributed by atoms with Crippen LogP contribution in [0.25, 0.3) is 33.3 Å². The quantitative estimate of drug-likeness (QED) is 0.260. The van der Waals surface area contributed by atoms with E-state index in [2.05, 4.69) is 97.0 Å². The number of anilines is 1. The summed E-state index contributed by atoms with van der Waals surface area (Å²) in [6.07, 6.45) is 4.43. The number of esters is 1. The van der Waals surface area contributed by atoms with Crippen LogP contribution < -0.4 is 16.1 Å². The van der Waals surface area contributed by atoms with E-state index in [0.717, 1.165) is 79.6 Å². The summed E-state index contributed by atoms with van der Waals surface area (Å²) < 4.78 is 14.5. The number of carbonyl (C=O) groups is 2. The lowest BCUT2D eigenvalue weighted by molar-refractivity contribution is -0.154. The molecule has 8 rings (SSSR count). The third kappa shape index (κ3) is 7.51. The van der Waals surface area contributed by atoms with Crippen LogP contribution in [0.1, 0.15) is 70.2 Å². The van der Waals surface area contributed by atoms with Crippen LogP contribution in [0.2, 0.25) is 0 Å². The molecule has 11 heteroatoms. The number of morpholine rings is 1. The van der Waals surface area contributed by atoms with Crippen molar-refractivity contribution in [3.8, 4) is 22.4 Å². The summed E-state index contributed by atoms with van der Waals surface area (Å²) >= 11 is 0. The molecule has 6 bridgehead atoms. The van der Waals surface area contributed by atoms with Crippen LogP contribution in [0.3, 0.4) is 0 Å². The Bertz CT molecular complexity index is 2070. The van der Waals surface area contributed by atoms with Crippen LogP contribution in [-0.2, 0) is 38.4 Å². The van der Waals surface area contributed by atoms with Gasteiger partial charge in [0, 0.05) is 61.1 Å². The maximum Gasteiger partial charge on any atom is 0.324 e. The van der Waals surface area contributed by atoms with Crippen LogP contribution >= 0.6 is 0 Å². The van der Waals surface area contributed by atoms with Gasteiger partial charge in [-0.3, -0.25) is 24.5 Å². The lowest BCUT2D eigenvalue weighted by Gasteiger charge is -2.44. The molecule has 1 amide bonds. The number of hydrazine groups is 1. The molecule has 0 unspecified atom stereocenters. The van der Waals surface area contributed by atoms with Gasteiger partial charge in [-0.1, -0.05) is 58.0 Å². The molecule has 11 nitrogen and oxygen atoms in total. The molecule has 2 aromatic heterocycles. The van der Waals surface area contributed by atoms with E-state index in [1.165, 1.54) is 27.2 Å². The number of aryl methyl sites for hydroxylation is 1. The van der Waals surface area contributed by atoms with Crippen LogP contribution in [0.15, 0.2) is 54.7 Å². The molecular weight excluding hydrogens is 691 g/mol. The van der Waals surface area contributed by atoms with E-state index in [1.54, 1.807) is 0 Å². The number of hydrogen-bond acceptors (Lipinski definition) is 9. The van der Waals surface area contributed by atoms with Crippen molar-refractivity contribution in [2.45, 2.75) is 90.9 Å². The number of pyridine rings is 1.